The fourth-order valence-corrected chi connectivity index (χ4v) is 5.71. The number of likely N-dealkylation sites (tertiary alicyclic amines) is 1. The first kappa shape index (κ1) is 22.7. The lowest BCUT2D eigenvalue weighted by atomic mass is 9.84. The molecule has 0 radical (unpaired) electrons. The van der Waals surface area contributed by atoms with Gasteiger partial charge >= 0.3 is 0 Å². The fraction of sp³-hybridized carbons (Fsp3) is 0.545. The highest BCUT2D eigenvalue weighted by atomic mass is 16.5. The molecule has 0 aromatic heterocycles. The van der Waals surface area contributed by atoms with Crippen molar-refractivity contribution in [3.8, 4) is 0 Å². The second kappa shape index (κ2) is 7.47. The number of nitrogens with one attached hydrogen (secondary N) is 5. The predicted octanol–water partition coefficient (Wildman–Crippen LogP) is -2.17. The molecule has 3 amide bonds. The lowest BCUT2D eigenvalue weighted by Crippen LogP contribution is -2.81. The van der Waals surface area contributed by atoms with Crippen LogP contribution >= 0.6 is 0 Å². The largest absolute Gasteiger partial charge is 0.361 e. The Morgan fingerprint density at radius 1 is 1.18 bits per heavy atom. The Morgan fingerprint density at radius 2 is 1.82 bits per heavy atom. The number of hydrogen-bond donors (Lipinski definition) is 7. The SMILES string of the molecule is CC1(C)NC2C(CN3C(=O)CCC3=O)NC(=N)N3CC(NC(=O)c4ccccc4)C(O)(O)C23N1. The molecule has 4 aliphatic heterocycles. The van der Waals surface area contributed by atoms with Crippen LogP contribution in [0.2, 0.25) is 0 Å². The molecule has 1 spiro atoms. The highest BCUT2D eigenvalue weighted by Crippen LogP contribution is 2.45. The molecule has 4 fully saturated rings. The molecule has 4 atom stereocenters. The standard InChI is InChI=1S/C22H29N7O5/c1-20(2)26-17-13(10-28-15(30)8-9-16(28)31)24-19(23)29-11-14(22(33,34)21(17,29)27-20)25-18(32)12-6-4-3-5-7-12/h3-7,13-14,17,26-27,33-34H,8-11H2,1-2H3,(H2,23,24)(H,25,32). The Labute approximate surface area is 196 Å². The first-order valence-corrected chi connectivity index (χ1v) is 11.3. The normalized spacial score (nSPS) is 33.5. The van der Waals surface area contributed by atoms with E-state index in [1.807, 2.05) is 13.8 Å². The van der Waals surface area contributed by atoms with Crippen LogP contribution in [0.5, 0.6) is 0 Å². The summed E-state index contributed by atoms with van der Waals surface area (Å²) < 4.78 is 0. The van der Waals surface area contributed by atoms with Gasteiger partial charge in [-0.1, -0.05) is 18.2 Å². The van der Waals surface area contributed by atoms with Crippen LogP contribution in [0.1, 0.15) is 37.0 Å². The van der Waals surface area contributed by atoms with E-state index in [0.717, 1.165) is 4.90 Å². The molecule has 4 saturated heterocycles. The Hall–Kier alpha value is -3.06. The summed E-state index contributed by atoms with van der Waals surface area (Å²) in [5.41, 5.74) is -2.03. The van der Waals surface area contributed by atoms with Crippen molar-refractivity contribution in [2.75, 3.05) is 13.1 Å². The molecule has 4 aliphatic rings. The highest BCUT2D eigenvalue weighted by Gasteiger charge is 2.75. The highest BCUT2D eigenvalue weighted by molar-refractivity contribution is 6.02. The summed E-state index contributed by atoms with van der Waals surface area (Å²) in [5.74, 6) is -3.66. The number of rotatable bonds is 4. The molecule has 182 valence electrons. The van der Waals surface area contributed by atoms with E-state index in [0.29, 0.717) is 5.56 Å². The van der Waals surface area contributed by atoms with E-state index in [1.54, 1.807) is 30.3 Å². The molecular formula is C22H29N7O5. The zero-order valence-electron chi connectivity index (χ0n) is 19.0. The van der Waals surface area contributed by atoms with Gasteiger partial charge in [0, 0.05) is 24.9 Å². The van der Waals surface area contributed by atoms with Gasteiger partial charge in [-0.05, 0) is 26.0 Å². The minimum atomic E-state index is -2.51. The van der Waals surface area contributed by atoms with E-state index < -0.39 is 41.1 Å². The van der Waals surface area contributed by atoms with Crippen molar-refractivity contribution in [2.45, 2.75) is 61.9 Å². The molecular weight excluding hydrogens is 442 g/mol. The number of aliphatic hydroxyl groups is 2. The minimum absolute atomic E-state index is 0.0256. The molecule has 12 heteroatoms. The van der Waals surface area contributed by atoms with Gasteiger partial charge < -0.3 is 25.7 Å². The summed E-state index contributed by atoms with van der Waals surface area (Å²) >= 11 is 0. The van der Waals surface area contributed by atoms with Crippen molar-refractivity contribution in [2.24, 2.45) is 0 Å². The van der Waals surface area contributed by atoms with Crippen LogP contribution < -0.4 is 21.3 Å². The molecule has 4 heterocycles. The van der Waals surface area contributed by atoms with Crippen molar-refractivity contribution >= 4 is 23.7 Å². The van der Waals surface area contributed by atoms with E-state index in [4.69, 9.17) is 5.41 Å². The van der Waals surface area contributed by atoms with E-state index in [9.17, 15) is 24.6 Å². The maximum atomic E-state index is 12.8. The third-order valence-electron chi connectivity index (χ3n) is 7.18. The van der Waals surface area contributed by atoms with Gasteiger partial charge in [-0.25, -0.2) is 0 Å². The van der Waals surface area contributed by atoms with E-state index in [-0.39, 0.29) is 43.7 Å². The van der Waals surface area contributed by atoms with Gasteiger partial charge in [0.25, 0.3) is 5.91 Å². The second-order valence-corrected chi connectivity index (χ2v) is 9.86. The van der Waals surface area contributed by atoms with E-state index >= 15 is 0 Å². The van der Waals surface area contributed by atoms with Crippen molar-refractivity contribution in [3.63, 3.8) is 0 Å². The Bertz CT molecular complexity index is 1040. The fourth-order valence-electron chi connectivity index (χ4n) is 5.71. The smallest absolute Gasteiger partial charge is 0.251 e. The molecule has 4 unspecified atom stereocenters. The maximum Gasteiger partial charge on any atom is 0.251 e. The number of imide groups is 1. The third kappa shape index (κ3) is 3.21. The van der Waals surface area contributed by atoms with Gasteiger partial charge in [0.2, 0.25) is 17.6 Å². The number of carbonyl (C=O) groups excluding carboxylic acids is 3. The van der Waals surface area contributed by atoms with Crippen molar-refractivity contribution < 1.29 is 24.6 Å². The molecule has 0 bridgehead atoms. The van der Waals surface area contributed by atoms with Crippen LogP contribution in [0, 0.1) is 5.41 Å². The summed E-state index contributed by atoms with van der Waals surface area (Å²) in [4.78, 5) is 40.0. The van der Waals surface area contributed by atoms with Crippen molar-refractivity contribution in [1.82, 2.24) is 31.1 Å². The molecule has 0 saturated carbocycles. The van der Waals surface area contributed by atoms with Gasteiger partial charge in [-0.3, -0.25) is 35.3 Å². The second-order valence-electron chi connectivity index (χ2n) is 9.86. The molecule has 12 nitrogen and oxygen atoms in total. The van der Waals surface area contributed by atoms with Crippen LogP contribution in [-0.4, -0.2) is 92.0 Å². The van der Waals surface area contributed by atoms with Gasteiger partial charge in [0.05, 0.1) is 24.3 Å². The van der Waals surface area contributed by atoms with Gasteiger partial charge in [-0.2, -0.15) is 0 Å². The van der Waals surface area contributed by atoms with Crippen LogP contribution in [0.4, 0.5) is 0 Å². The third-order valence-corrected chi connectivity index (χ3v) is 7.18. The lowest BCUT2D eigenvalue weighted by Gasteiger charge is -2.52. The van der Waals surface area contributed by atoms with Gasteiger partial charge in [0.1, 0.15) is 6.04 Å². The number of carbonyl (C=O) groups is 3. The van der Waals surface area contributed by atoms with Crippen molar-refractivity contribution in [1.29, 1.82) is 5.41 Å². The van der Waals surface area contributed by atoms with Crippen LogP contribution in [-0.2, 0) is 9.59 Å². The average Bonchev–Trinajstić information content (AvgIpc) is 3.34. The molecule has 1 aromatic carbocycles. The van der Waals surface area contributed by atoms with Crippen molar-refractivity contribution in [3.05, 3.63) is 35.9 Å². The maximum absolute atomic E-state index is 12.8. The number of benzene rings is 1. The topological polar surface area (TPSA) is 170 Å². The Morgan fingerprint density at radius 3 is 2.47 bits per heavy atom. The summed E-state index contributed by atoms with van der Waals surface area (Å²) in [5, 5.41) is 44.1. The van der Waals surface area contributed by atoms with Crippen LogP contribution in [0.25, 0.3) is 0 Å². The zero-order valence-corrected chi connectivity index (χ0v) is 19.0. The monoisotopic (exact) mass is 471 g/mol. The van der Waals surface area contributed by atoms with E-state index in [1.165, 1.54) is 4.90 Å². The average molecular weight is 472 g/mol. The molecule has 5 rings (SSSR count). The Kier molecular flexibility index (Phi) is 4.99. The number of guanidine groups is 1. The first-order valence-electron chi connectivity index (χ1n) is 11.3. The molecule has 1 aromatic rings. The molecule has 0 aliphatic carbocycles. The van der Waals surface area contributed by atoms with Gasteiger partial charge in [0.15, 0.2) is 11.6 Å². The van der Waals surface area contributed by atoms with Crippen LogP contribution in [0.15, 0.2) is 30.3 Å². The van der Waals surface area contributed by atoms with Crippen LogP contribution in [0.3, 0.4) is 0 Å². The quantitative estimate of drug-likeness (QED) is 0.191. The molecule has 7 N–H and O–H groups in total. The predicted molar refractivity (Wildman–Crippen MR) is 119 cm³/mol. The molecule has 34 heavy (non-hydrogen) atoms. The summed E-state index contributed by atoms with van der Waals surface area (Å²) in [6, 6.07) is 5.90. The lowest BCUT2D eigenvalue weighted by molar-refractivity contribution is -0.235. The number of amides is 3. The number of hydrogen-bond acceptors (Lipinski definition) is 8. The first-order chi connectivity index (χ1) is 16.0. The minimum Gasteiger partial charge on any atom is -0.361 e. The number of nitrogens with zero attached hydrogens (tertiary/aromatic N) is 2. The summed E-state index contributed by atoms with van der Waals surface area (Å²) in [6.07, 6.45) is 0.277. The van der Waals surface area contributed by atoms with E-state index in [2.05, 4.69) is 21.3 Å². The zero-order chi connectivity index (χ0) is 24.5. The summed E-state index contributed by atoms with van der Waals surface area (Å²) in [7, 11) is 0. The Balaban J connectivity index is 1.49. The van der Waals surface area contributed by atoms with Gasteiger partial charge in [-0.15, -0.1) is 0 Å². The summed E-state index contributed by atoms with van der Waals surface area (Å²) in [6.45, 7) is 3.56.